The maximum atomic E-state index is 12.9. The van der Waals surface area contributed by atoms with Gasteiger partial charge in [-0.3, -0.25) is 4.79 Å². The van der Waals surface area contributed by atoms with Crippen LogP contribution in [-0.4, -0.2) is 42.9 Å². The minimum atomic E-state index is -1.04. The Morgan fingerprint density at radius 1 is 1.31 bits per heavy atom. The molecule has 0 aliphatic carbocycles. The lowest BCUT2D eigenvalue weighted by molar-refractivity contribution is -0.142. The number of H-pyrrole nitrogens is 1. The molecule has 1 aliphatic rings. The van der Waals surface area contributed by atoms with Crippen molar-refractivity contribution < 1.29 is 14.7 Å². The molecule has 1 amide bonds. The number of aromatic nitrogens is 3. The molecule has 3 aromatic rings. The molecule has 0 unspecified atom stereocenters. The molecule has 0 saturated carbocycles. The highest BCUT2D eigenvalue weighted by molar-refractivity contribution is 7.09. The van der Waals surface area contributed by atoms with Crippen LogP contribution in [0.5, 0.6) is 0 Å². The van der Waals surface area contributed by atoms with Crippen LogP contribution in [0.3, 0.4) is 0 Å². The summed E-state index contributed by atoms with van der Waals surface area (Å²) in [5.41, 5.74) is 2.87. The second kappa shape index (κ2) is 6.72. The Kier molecular flexibility index (Phi) is 4.26. The first-order chi connectivity index (χ1) is 12.6. The lowest BCUT2D eigenvalue weighted by atomic mass is 10.0. The smallest absolute Gasteiger partial charge is 0.326 e. The quantitative estimate of drug-likeness (QED) is 0.735. The van der Waals surface area contributed by atoms with Gasteiger partial charge in [0, 0.05) is 18.2 Å². The van der Waals surface area contributed by atoms with Gasteiger partial charge in [0.15, 0.2) is 0 Å². The normalized spacial score (nSPS) is 16.3. The summed E-state index contributed by atoms with van der Waals surface area (Å²) in [6.07, 6.45) is 2.37. The summed E-state index contributed by atoms with van der Waals surface area (Å²) in [7, 11) is 0. The summed E-state index contributed by atoms with van der Waals surface area (Å²) < 4.78 is 0. The van der Waals surface area contributed by atoms with E-state index in [0.717, 1.165) is 16.3 Å². The fourth-order valence-corrected chi connectivity index (χ4v) is 3.88. The number of nitrogens with zero attached hydrogens (tertiary/aromatic N) is 3. The molecule has 2 aromatic heterocycles. The summed E-state index contributed by atoms with van der Waals surface area (Å²) in [5, 5.41) is 12.0. The van der Waals surface area contributed by atoms with Gasteiger partial charge >= 0.3 is 5.97 Å². The van der Waals surface area contributed by atoms with Gasteiger partial charge in [0.25, 0.3) is 5.91 Å². The molecule has 0 bridgehead atoms. The van der Waals surface area contributed by atoms with Crippen molar-refractivity contribution in [1.29, 1.82) is 0 Å². The predicted molar refractivity (Wildman–Crippen MR) is 95.0 cm³/mol. The van der Waals surface area contributed by atoms with E-state index in [9.17, 15) is 14.7 Å². The Labute approximate surface area is 153 Å². The summed E-state index contributed by atoms with van der Waals surface area (Å²) in [5.74, 6) is -1.40. The van der Waals surface area contributed by atoms with Gasteiger partial charge in [0.1, 0.15) is 11.7 Å². The number of aliphatic carboxylic acids is 1. The number of fused-ring (bicyclic) bond motifs is 1. The molecule has 1 atom stereocenters. The van der Waals surface area contributed by atoms with Crippen molar-refractivity contribution in [3.63, 3.8) is 0 Å². The Balaban J connectivity index is 1.56. The predicted octanol–water partition coefficient (Wildman–Crippen LogP) is 2.11. The highest BCUT2D eigenvalue weighted by Gasteiger charge is 2.37. The van der Waals surface area contributed by atoms with Crippen LogP contribution < -0.4 is 0 Å². The number of hydrogen-bond acceptors (Lipinski definition) is 5. The fraction of sp³-hybridized carbons (Fsp3) is 0.222. The second-order valence-corrected chi connectivity index (χ2v) is 7.05. The van der Waals surface area contributed by atoms with Crippen molar-refractivity contribution >= 4 is 23.2 Å². The van der Waals surface area contributed by atoms with Gasteiger partial charge in [-0.1, -0.05) is 30.3 Å². The largest absolute Gasteiger partial charge is 0.480 e. The minimum absolute atomic E-state index is 0.191. The Morgan fingerprint density at radius 3 is 2.88 bits per heavy atom. The molecule has 132 valence electrons. The number of carboxylic acid groups (broad SMARTS) is 1. The molecule has 4 rings (SSSR count). The summed E-state index contributed by atoms with van der Waals surface area (Å²) in [6, 6.07) is 8.95. The van der Waals surface area contributed by atoms with E-state index in [2.05, 4.69) is 15.0 Å². The van der Waals surface area contributed by atoms with E-state index in [1.165, 1.54) is 22.6 Å². The third-order valence-corrected chi connectivity index (χ3v) is 5.26. The zero-order valence-corrected chi connectivity index (χ0v) is 14.6. The number of benzene rings is 1. The Morgan fingerprint density at radius 2 is 2.12 bits per heavy atom. The van der Waals surface area contributed by atoms with E-state index in [0.29, 0.717) is 12.1 Å². The van der Waals surface area contributed by atoms with Crippen LogP contribution in [0.2, 0.25) is 0 Å². The standard InChI is InChI=1S/C18H16N4O3S/c23-17(14-9-26-16(21-14)6-11-4-2-1-3-5-11)22-8-13-12(19-10-20-13)7-15(22)18(24)25/h1-5,9-10,15H,6-8H2,(H,19,20)(H,24,25)/t15-/m1/s1. The van der Waals surface area contributed by atoms with E-state index >= 15 is 0 Å². The van der Waals surface area contributed by atoms with Crippen molar-refractivity contribution in [1.82, 2.24) is 19.9 Å². The number of thiazole rings is 1. The number of carbonyl (C=O) groups excluding carboxylic acids is 1. The van der Waals surface area contributed by atoms with Gasteiger partial charge in [-0.2, -0.15) is 0 Å². The number of rotatable bonds is 4. The van der Waals surface area contributed by atoms with Crippen LogP contribution in [0.25, 0.3) is 0 Å². The molecule has 3 heterocycles. The van der Waals surface area contributed by atoms with E-state index in [4.69, 9.17) is 0 Å². The summed E-state index contributed by atoms with van der Waals surface area (Å²) in [4.78, 5) is 37.4. The topological polar surface area (TPSA) is 99.2 Å². The third-order valence-electron chi connectivity index (χ3n) is 4.41. The molecule has 0 fully saturated rings. The summed E-state index contributed by atoms with van der Waals surface area (Å²) in [6.45, 7) is 0.191. The van der Waals surface area contributed by atoms with Crippen molar-refractivity contribution in [3.05, 3.63) is 69.7 Å². The first-order valence-corrected chi connectivity index (χ1v) is 9.03. The molecule has 26 heavy (non-hydrogen) atoms. The zero-order chi connectivity index (χ0) is 18.1. The minimum Gasteiger partial charge on any atom is -0.480 e. The van der Waals surface area contributed by atoms with Crippen LogP contribution in [0.4, 0.5) is 0 Å². The van der Waals surface area contributed by atoms with Crippen LogP contribution in [0, 0.1) is 0 Å². The number of imidazole rings is 1. The average Bonchev–Trinajstić information content (AvgIpc) is 3.29. The van der Waals surface area contributed by atoms with Gasteiger partial charge in [-0.25, -0.2) is 14.8 Å². The number of aromatic amines is 1. The highest BCUT2D eigenvalue weighted by atomic mass is 32.1. The SMILES string of the molecule is O=C(O)[C@H]1Cc2nc[nH]c2CN1C(=O)c1csc(Cc2ccccc2)n1. The Hall–Kier alpha value is -3.00. The molecule has 1 aromatic carbocycles. The van der Waals surface area contributed by atoms with Crippen molar-refractivity contribution in [2.75, 3.05) is 0 Å². The van der Waals surface area contributed by atoms with E-state index in [-0.39, 0.29) is 24.6 Å². The van der Waals surface area contributed by atoms with E-state index < -0.39 is 12.0 Å². The average molecular weight is 368 g/mol. The number of carbonyl (C=O) groups is 2. The van der Waals surface area contributed by atoms with Crippen LogP contribution >= 0.6 is 11.3 Å². The van der Waals surface area contributed by atoms with E-state index in [1.54, 1.807) is 5.38 Å². The van der Waals surface area contributed by atoms with E-state index in [1.807, 2.05) is 30.3 Å². The molecule has 8 heteroatoms. The molecular formula is C18H16N4O3S. The first kappa shape index (κ1) is 16.5. The van der Waals surface area contributed by atoms with Gasteiger partial charge in [-0.15, -0.1) is 11.3 Å². The lowest BCUT2D eigenvalue weighted by Crippen LogP contribution is -2.48. The van der Waals surface area contributed by atoms with Gasteiger partial charge < -0.3 is 15.0 Å². The van der Waals surface area contributed by atoms with Crippen molar-refractivity contribution in [3.8, 4) is 0 Å². The maximum Gasteiger partial charge on any atom is 0.326 e. The first-order valence-electron chi connectivity index (χ1n) is 8.15. The van der Waals surface area contributed by atoms with Crippen LogP contribution in [0.1, 0.15) is 32.4 Å². The molecule has 7 nitrogen and oxygen atoms in total. The van der Waals surface area contributed by atoms with Crippen molar-refractivity contribution in [2.24, 2.45) is 0 Å². The highest BCUT2D eigenvalue weighted by Crippen LogP contribution is 2.24. The maximum absolute atomic E-state index is 12.9. The van der Waals surface area contributed by atoms with Gasteiger partial charge in [-0.05, 0) is 5.56 Å². The Bertz CT molecular complexity index is 950. The molecule has 2 N–H and O–H groups in total. The van der Waals surface area contributed by atoms with Crippen LogP contribution in [0.15, 0.2) is 42.0 Å². The second-order valence-electron chi connectivity index (χ2n) is 6.11. The van der Waals surface area contributed by atoms with Crippen LogP contribution in [-0.2, 0) is 24.2 Å². The molecule has 0 saturated heterocycles. The molecule has 0 radical (unpaired) electrons. The molecule has 0 spiro atoms. The number of hydrogen-bond donors (Lipinski definition) is 2. The summed E-state index contributed by atoms with van der Waals surface area (Å²) >= 11 is 1.41. The zero-order valence-electron chi connectivity index (χ0n) is 13.8. The van der Waals surface area contributed by atoms with Gasteiger partial charge in [0.2, 0.25) is 0 Å². The van der Waals surface area contributed by atoms with Gasteiger partial charge in [0.05, 0.1) is 29.3 Å². The monoisotopic (exact) mass is 368 g/mol. The number of amides is 1. The number of nitrogens with one attached hydrogen (secondary N) is 1. The fourth-order valence-electron chi connectivity index (χ4n) is 3.08. The lowest BCUT2D eigenvalue weighted by Gasteiger charge is -2.31. The molecular weight excluding hydrogens is 352 g/mol. The third kappa shape index (κ3) is 3.11. The molecule has 1 aliphatic heterocycles. The van der Waals surface area contributed by atoms with Crippen molar-refractivity contribution in [2.45, 2.75) is 25.4 Å². The number of carboxylic acids is 1.